The van der Waals surface area contributed by atoms with Gasteiger partial charge in [0, 0.05) is 19.6 Å². The highest BCUT2D eigenvalue weighted by molar-refractivity contribution is 7.89. The summed E-state index contributed by atoms with van der Waals surface area (Å²) < 4.78 is 37.6. The molecule has 3 heterocycles. The first-order chi connectivity index (χ1) is 14.4. The van der Waals surface area contributed by atoms with E-state index in [2.05, 4.69) is 10.3 Å². The number of hydrogen-bond acceptors (Lipinski definition) is 7. The predicted molar refractivity (Wildman–Crippen MR) is 112 cm³/mol. The molecule has 0 aliphatic carbocycles. The van der Waals surface area contributed by atoms with Crippen LogP contribution in [0.25, 0.3) is 10.8 Å². The Hall–Kier alpha value is -2.53. The van der Waals surface area contributed by atoms with Crippen LogP contribution >= 0.6 is 11.3 Å². The van der Waals surface area contributed by atoms with Gasteiger partial charge in [0.25, 0.3) is 5.91 Å². The van der Waals surface area contributed by atoms with Crippen molar-refractivity contribution in [1.82, 2.24) is 14.6 Å². The molecule has 158 valence electrons. The van der Waals surface area contributed by atoms with Crippen molar-refractivity contribution in [1.29, 1.82) is 0 Å². The maximum absolute atomic E-state index is 12.7. The average Bonchev–Trinajstić information content (AvgIpc) is 3.43. The number of hydrogen-bond donors (Lipinski definition) is 1. The second-order valence-corrected chi connectivity index (χ2v) is 9.63. The second kappa shape index (κ2) is 8.68. The number of rotatable bonds is 6. The van der Waals surface area contributed by atoms with Crippen LogP contribution in [0.3, 0.4) is 0 Å². The lowest BCUT2D eigenvalue weighted by atomic mass is 10.2. The first-order valence-corrected chi connectivity index (χ1v) is 11.7. The summed E-state index contributed by atoms with van der Waals surface area (Å²) in [5.41, 5.74) is 1.02. The van der Waals surface area contributed by atoms with Crippen LogP contribution in [-0.4, -0.2) is 49.9 Å². The molecule has 10 heteroatoms. The lowest BCUT2D eigenvalue weighted by molar-refractivity contribution is 0.0730. The van der Waals surface area contributed by atoms with Crippen LogP contribution in [0.15, 0.2) is 51.1 Å². The number of aryl methyl sites for hydroxylation is 1. The van der Waals surface area contributed by atoms with Gasteiger partial charge < -0.3 is 14.5 Å². The van der Waals surface area contributed by atoms with Crippen molar-refractivity contribution in [3.63, 3.8) is 0 Å². The molecule has 1 aromatic carbocycles. The predicted octanol–water partition coefficient (Wildman–Crippen LogP) is 2.66. The molecule has 0 saturated carbocycles. The molecule has 1 fully saturated rings. The fourth-order valence-electron chi connectivity index (χ4n) is 3.09. The number of amides is 1. The van der Waals surface area contributed by atoms with Gasteiger partial charge in [0.1, 0.15) is 5.76 Å². The highest BCUT2D eigenvalue weighted by Crippen LogP contribution is 2.26. The molecular formula is C20H21N3O5S2. The number of nitrogens with zero attached hydrogens (tertiary/aromatic N) is 2. The molecular weight excluding hydrogens is 426 g/mol. The Morgan fingerprint density at radius 1 is 1.20 bits per heavy atom. The Kier molecular flexibility index (Phi) is 6.00. The van der Waals surface area contributed by atoms with Crippen molar-refractivity contribution in [3.8, 4) is 10.8 Å². The van der Waals surface area contributed by atoms with E-state index in [0.29, 0.717) is 38.0 Å². The van der Waals surface area contributed by atoms with Gasteiger partial charge in [0.2, 0.25) is 15.9 Å². The van der Waals surface area contributed by atoms with E-state index in [9.17, 15) is 13.2 Å². The molecule has 0 atom stereocenters. The summed E-state index contributed by atoms with van der Waals surface area (Å²) in [5.74, 6) is 0.525. The van der Waals surface area contributed by atoms with Gasteiger partial charge in [0.15, 0.2) is 5.69 Å². The number of benzene rings is 1. The minimum absolute atomic E-state index is 0.229. The monoisotopic (exact) mass is 447 g/mol. The Labute approximate surface area is 178 Å². The van der Waals surface area contributed by atoms with Gasteiger partial charge in [0.05, 0.1) is 23.0 Å². The molecule has 3 aromatic rings. The zero-order chi connectivity index (χ0) is 21.1. The summed E-state index contributed by atoms with van der Waals surface area (Å²) in [7, 11) is -3.53. The highest BCUT2D eigenvalue weighted by atomic mass is 32.2. The maximum Gasteiger partial charge on any atom is 0.273 e. The van der Waals surface area contributed by atoms with Gasteiger partial charge in [-0.05, 0) is 36.1 Å². The molecule has 1 amide bonds. The molecule has 4 rings (SSSR count). The molecule has 0 radical (unpaired) electrons. The number of thiophene rings is 1. The Morgan fingerprint density at radius 3 is 2.60 bits per heavy atom. The molecule has 1 N–H and O–H groups in total. The van der Waals surface area contributed by atoms with Crippen molar-refractivity contribution in [3.05, 3.63) is 58.8 Å². The van der Waals surface area contributed by atoms with E-state index in [0.717, 1.165) is 10.4 Å². The lowest BCUT2D eigenvalue weighted by Crippen LogP contribution is -2.40. The molecule has 0 bridgehead atoms. The van der Waals surface area contributed by atoms with Gasteiger partial charge in [-0.25, -0.2) is 13.4 Å². The third-order valence-corrected chi connectivity index (χ3v) is 7.50. The standard InChI is InChI=1S/C20H21N3O5S2/c1-14-18(22-20(28-14)17-3-2-12-29-17)19(24)21-13-15-4-6-16(7-5-15)30(25,26)23-8-10-27-11-9-23/h2-7,12H,8-11,13H2,1H3,(H,21,24). The molecule has 8 nitrogen and oxygen atoms in total. The third kappa shape index (κ3) is 4.31. The summed E-state index contributed by atoms with van der Waals surface area (Å²) in [6.07, 6.45) is 0. The van der Waals surface area contributed by atoms with Crippen molar-refractivity contribution in [2.24, 2.45) is 0 Å². The minimum atomic E-state index is -3.53. The summed E-state index contributed by atoms with van der Waals surface area (Å²) in [6.45, 7) is 3.45. The van der Waals surface area contributed by atoms with Crippen molar-refractivity contribution in [2.75, 3.05) is 26.3 Å². The fourth-order valence-corrected chi connectivity index (χ4v) is 5.15. The molecule has 30 heavy (non-hydrogen) atoms. The number of oxazole rings is 1. The van der Waals surface area contributed by atoms with Crippen LogP contribution in [0.5, 0.6) is 0 Å². The summed E-state index contributed by atoms with van der Waals surface area (Å²) in [5, 5.41) is 4.72. The average molecular weight is 448 g/mol. The third-order valence-electron chi connectivity index (χ3n) is 4.73. The number of sulfonamides is 1. The van der Waals surface area contributed by atoms with Crippen molar-refractivity contribution in [2.45, 2.75) is 18.4 Å². The summed E-state index contributed by atoms with van der Waals surface area (Å²) in [4.78, 5) is 17.9. The fraction of sp³-hybridized carbons (Fsp3) is 0.300. The minimum Gasteiger partial charge on any atom is -0.440 e. The number of carbonyl (C=O) groups excluding carboxylic acids is 1. The number of morpholine rings is 1. The number of ether oxygens (including phenoxy) is 1. The maximum atomic E-state index is 12.7. The van der Waals surface area contributed by atoms with Gasteiger partial charge in [-0.15, -0.1) is 11.3 Å². The van der Waals surface area contributed by atoms with Gasteiger partial charge in [-0.3, -0.25) is 4.79 Å². The smallest absolute Gasteiger partial charge is 0.273 e. The van der Waals surface area contributed by atoms with Gasteiger partial charge >= 0.3 is 0 Å². The zero-order valence-corrected chi connectivity index (χ0v) is 18.0. The number of nitrogens with one attached hydrogen (secondary N) is 1. The van der Waals surface area contributed by atoms with E-state index in [1.807, 2.05) is 17.5 Å². The molecule has 0 unspecified atom stereocenters. The van der Waals surface area contributed by atoms with Crippen LogP contribution in [0.1, 0.15) is 21.8 Å². The van der Waals surface area contributed by atoms with E-state index in [1.54, 1.807) is 31.2 Å². The van der Waals surface area contributed by atoms with E-state index in [-0.39, 0.29) is 23.0 Å². The van der Waals surface area contributed by atoms with E-state index >= 15 is 0 Å². The normalized spacial score (nSPS) is 15.2. The Balaban J connectivity index is 1.40. The molecule has 1 saturated heterocycles. The van der Waals surface area contributed by atoms with Gasteiger partial charge in [-0.2, -0.15) is 4.31 Å². The van der Waals surface area contributed by atoms with Crippen molar-refractivity contribution >= 4 is 27.3 Å². The Bertz CT molecular complexity index is 1120. The first kappa shape index (κ1) is 20.7. The summed E-state index contributed by atoms with van der Waals surface area (Å²) in [6, 6.07) is 10.3. The quantitative estimate of drug-likeness (QED) is 0.623. The summed E-state index contributed by atoms with van der Waals surface area (Å²) >= 11 is 1.49. The molecule has 1 aliphatic heterocycles. The number of carbonyl (C=O) groups is 1. The van der Waals surface area contributed by atoms with Gasteiger partial charge in [-0.1, -0.05) is 18.2 Å². The van der Waals surface area contributed by atoms with Crippen LogP contribution in [-0.2, 0) is 21.3 Å². The highest BCUT2D eigenvalue weighted by Gasteiger charge is 2.26. The molecule has 0 spiro atoms. The largest absolute Gasteiger partial charge is 0.440 e. The van der Waals surface area contributed by atoms with Crippen LogP contribution in [0, 0.1) is 6.92 Å². The first-order valence-electron chi connectivity index (χ1n) is 9.41. The second-order valence-electron chi connectivity index (χ2n) is 6.74. The number of aromatic nitrogens is 1. The topological polar surface area (TPSA) is 102 Å². The van der Waals surface area contributed by atoms with E-state index in [4.69, 9.17) is 9.15 Å². The van der Waals surface area contributed by atoms with Crippen LogP contribution < -0.4 is 5.32 Å². The zero-order valence-electron chi connectivity index (χ0n) is 16.3. The van der Waals surface area contributed by atoms with E-state index < -0.39 is 10.0 Å². The van der Waals surface area contributed by atoms with Crippen LogP contribution in [0.4, 0.5) is 0 Å². The van der Waals surface area contributed by atoms with E-state index in [1.165, 1.54) is 15.6 Å². The lowest BCUT2D eigenvalue weighted by Gasteiger charge is -2.26. The molecule has 2 aromatic heterocycles. The Morgan fingerprint density at radius 2 is 1.93 bits per heavy atom. The van der Waals surface area contributed by atoms with Crippen LogP contribution in [0.2, 0.25) is 0 Å². The van der Waals surface area contributed by atoms with Crippen molar-refractivity contribution < 1.29 is 22.4 Å². The molecule has 1 aliphatic rings. The SMILES string of the molecule is Cc1oc(-c2cccs2)nc1C(=O)NCc1ccc(S(=O)(=O)N2CCOCC2)cc1.